The second-order valence-corrected chi connectivity index (χ2v) is 7.89. The van der Waals surface area contributed by atoms with E-state index in [4.69, 9.17) is 14.6 Å². The molecule has 8 nitrogen and oxygen atoms in total. The van der Waals surface area contributed by atoms with Crippen LogP contribution in [0.5, 0.6) is 0 Å². The molecule has 2 N–H and O–H groups in total. The predicted octanol–water partition coefficient (Wildman–Crippen LogP) is 0.831. The van der Waals surface area contributed by atoms with Crippen LogP contribution in [0.15, 0.2) is 16.0 Å². The number of aromatic nitrogens is 2. The first-order valence-corrected chi connectivity index (χ1v) is 8.96. The summed E-state index contributed by atoms with van der Waals surface area (Å²) >= 11 is 1.16. The third-order valence-corrected chi connectivity index (χ3v) is 4.70. The molecule has 0 aliphatic carbocycles. The molecule has 1 saturated heterocycles. The van der Waals surface area contributed by atoms with Gasteiger partial charge in [-0.15, -0.1) is 0 Å². The molecule has 0 spiro atoms. The fourth-order valence-corrected chi connectivity index (χ4v) is 3.01. The van der Waals surface area contributed by atoms with E-state index in [0.717, 1.165) is 17.3 Å². The number of carbonyl (C=O) groups excluding carboxylic acids is 1. The van der Waals surface area contributed by atoms with Crippen LogP contribution in [0, 0.1) is 12.3 Å². The zero-order valence-corrected chi connectivity index (χ0v) is 15.6. The summed E-state index contributed by atoms with van der Waals surface area (Å²) in [5, 5.41) is 19.4. The Hall–Kier alpha value is -1.42. The van der Waals surface area contributed by atoms with Gasteiger partial charge in [0.05, 0.1) is 18.1 Å². The Bertz CT molecular complexity index is 684. The number of hydrogen-bond acceptors (Lipinski definition) is 8. The van der Waals surface area contributed by atoms with Crippen molar-refractivity contribution in [2.75, 3.05) is 12.5 Å². The molecular weight excluding hydrogens is 348 g/mol. The summed E-state index contributed by atoms with van der Waals surface area (Å²) in [4.78, 5) is 28.0. The minimum absolute atomic E-state index is 0.0681. The standard InChI is InChI=1S/C16H24N2O6S/c1-9-6-18(12-5-10(20)11(7-19)24-12)15(22)17-13(9)25-8-23-14(21)16(2,3)4/h6,10-12,19-20H,5,7-8H2,1-4H3/t10-,11+,12+/m0/s1. The van der Waals surface area contributed by atoms with E-state index in [1.54, 1.807) is 33.9 Å². The van der Waals surface area contributed by atoms with Crippen LogP contribution < -0.4 is 5.69 Å². The smallest absolute Gasteiger partial charge is 0.350 e. The molecule has 1 aromatic rings. The van der Waals surface area contributed by atoms with Crippen molar-refractivity contribution in [3.63, 3.8) is 0 Å². The molecule has 1 aliphatic rings. The molecule has 2 rings (SSSR count). The van der Waals surface area contributed by atoms with Crippen LogP contribution in [0.2, 0.25) is 0 Å². The van der Waals surface area contributed by atoms with Gasteiger partial charge in [-0.25, -0.2) is 4.79 Å². The first-order valence-electron chi connectivity index (χ1n) is 7.97. The van der Waals surface area contributed by atoms with Crippen molar-refractivity contribution >= 4 is 17.7 Å². The lowest BCUT2D eigenvalue weighted by atomic mass is 9.98. The topological polar surface area (TPSA) is 111 Å². The fourth-order valence-electron chi connectivity index (χ4n) is 2.31. The molecule has 1 aromatic heterocycles. The summed E-state index contributed by atoms with van der Waals surface area (Å²) in [6.45, 7) is 6.76. The van der Waals surface area contributed by atoms with E-state index in [9.17, 15) is 14.7 Å². The summed E-state index contributed by atoms with van der Waals surface area (Å²) in [5.41, 5.74) is -0.385. The summed E-state index contributed by atoms with van der Waals surface area (Å²) in [6, 6.07) is 0. The number of aliphatic hydroxyl groups excluding tert-OH is 2. The van der Waals surface area contributed by atoms with E-state index >= 15 is 0 Å². The number of aryl methyl sites for hydroxylation is 1. The summed E-state index contributed by atoms with van der Waals surface area (Å²) in [5.74, 6) is -0.257. The Morgan fingerprint density at radius 2 is 2.20 bits per heavy atom. The maximum Gasteiger partial charge on any atom is 0.350 e. The summed E-state index contributed by atoms with van der Waals surface area (Å²) in [7, 11) is 0. The van der Waals surface area contributed by atoms with Crippen molar-refractivity contribution < 1.29 is 24.5 Å². The quantitative estimate of drug-likeness (QED) is 0.338. The first kappa shape index (κ1) is 19.9. The van der Waals surface area contributed by atoms with Crippen LogP contribution in [0.3, 0.4) is 0 Å². The van der Waals surface area contributed by atoms with Crippen molar-refractivity contribution in [1.29, 1.82) is 0 Å². The maximum absolute atomic E-state index is 12.2. The Morgan fingerprint density at radius 3 is 2.76 bits per heavy atom. The third kappa shape index (κ3) is 4.81. The van der Waals surface area contributed by atoms with Gasteiger partial charge in [-0.1, -0.05) is 11.8 Å². The van der Waals surface area contributed by atoms with Crippen LogP contribution in [-0.4, -0.2) is 50.5 Å². The maximum atomic E-state index is 12.2. The van der Waals surface area contributed by atoms with Crippen LogP contribution in [0.1, 0.15) is 39.0 Å². The average Bonchev–Trinajstić information content (AvgIpc) is 2.90. The van der Waals surface area contributed by atoms with Gasteiger partial charge >= 0.3 is 11.7 Å². The van der Waals surface area contributed by atoms with Crippen molar-refractivity contribution in [1.82, 2.24) is 9.55 Å². The molecule has 0 saturated carbocycles. The van der Waals surface area contributed by atoms with Gasteiger partial charge in [0.25, 0.3) is 0 Å². The molecular formula is C16H24N2O6S. The fraction of sp³-hybridized carbons (Fsp3) is 0.688. The predicted molar refractivity (Wildman–Crippen MR) is 91.1 cm³/mol. The highest BCUT2D eigenvalue weighted by Crippen LogP contribution is 2.28. The highest BCUT2D eigenvalue weighted by Gasteiger charge is 2.35. The van der Waals surface area contributed by atoms with Crippen molar-refractivity contribution in [3.05, 3.63) is 22.2 Å². The van der Waals surface area contributed by atoms with E-state index in [1.165, 1.54) is 4.57 Å². The number of esters is 1. The first-order chi connectivity index (χ1) is 11.6. The second-order valence-electron chi connectivity index (χ2n) is 6.98. The van der Waals surface area contributed by atoms with E-state index < -0.39 is 29.5 Å². The molecule has 0 amide bonds. The van der Waals surface area contributed by atoms with E-state index in [1.807, 2.05) is 0 Å². The molecule has 1 aliphatic heterocycles. The number of aliphatic hydroxyl groups is 2. The van der Waals surface area contributed by atoms with Gasteiger partial charge in [0.15, 0.2) is 0 Å². The van der Waals surface area contributed by atoms with E-state index in [-0.39, 0.29) is 24.9 Å². The molecule has 0 bridgehead atoms. The zero-order chi connectivity index (χ0) is 18.8. The molecule has 9 heteroatoms. The molecule has 140 valence electrons. The van der Waals surface area contributed by atoms with Crippen LogP contribution in [0.4, 0.5) is 0 Å². The molecule has 2 heterocycles. The Kier molecular flexibility index (Phi) is 6.26. The number of rotatable bonds is 5. The summed E-state index contributed by atoms with van der Waals surface area (Å²) < 4.78 is 12.0. The number of hydrogen-bond donors (Lipinski definition) is 2. The Balaban J connectivity index is 2.05. The van der Waals surface area contributed by atoms with E-state index in [2.05, 4.69) is 4.98 Å². The second kappa shape index (κ2) is 7.86. The minimum Gasteiger partial charge on any atom is -0.454 e. The minimum atomic E-state index is -0.826. The average molecular weight is 372 g/mol. The number of nitrogens with zero attached hydrogens (tertiary/aromatic N) is 2. The largest absolute Gasteiger partial charge is 0.454 e. The summed E-state index contributed by atoms with van der Waals surface area (Å²) in [6.07, 6.45) is -0.387. The zero-order valence-electron chi connectivity index (χ0n) is 14.8. The highest BCUT2D eigenvalue weighted by molar-refractivity contribution is 7.99. The highest BCUT2D eigenvalue weighted by atomic mass is 32.2. The van der Waals surface area contributed by atoms with Crippen LogP contribution in [0.25, 0.3) is 0 Å². The Labute approximate surface area is 150 Å². The monoisotopic (exact) mass is 372 g/mol. The van der Waals surface area contributed by atoms with Gasteiger partial charge in [0.2, 0.25) is 0 Å². The number of ether oxygens (including phenoxy) is 2. The normalized spacial score (nSPS) is 23.7. The third-order valence-electron chi connectivity index (χ3n) is 3.78. The van der Waals surface area contributed by atoms with Gasteiger partial charge in [-0.05, 0) is 33.3 Å². The molecule has 1 fully saturated rings. The van der Waals surface area contributed by atoms with Crippen molar-refractivity contribution in [2.45, 2.75) is 57.6 Å². The molecule has 0 aromatic carbocycles. The lowest BCUT2D eigenvalue weighted by Gasteiger charge is -2.17. The molecule has 0 unspecified atom stereocenters. The van der Waals surface area contributed by atoms with Crippen LogP contribution in [-0.2, 0) is 14.3 Å². The van der Waals surface area contributed by atoms with E-state index in [0.29, 0.717) is 5.03 Å². The van der Waals surface area contributed by atoms with Gasteiger partial charge in [-0.3, -0.25) is 9.36 Å². The van der Waals surface area contributed by atoms with Crippen molar-refractivity contribution in [2.24, 2.45) is 5.41 Å². The Morgan fingerprint density at radius 1 is 1.52 bits per heavy atom. The molecule has 3 atom stereocenters. The lowest BCUT2D eigenvalue weighted by molar-refractivity contribution is -0.150. The van der Waals surface area contributed by atoms with Crippen LogP contribution >= 0.6 is 11.8 Å². The van der Waals surface area contributed by atoms with Gasteiger partial charge < -0.3 is 19.7 Å². The lowest BCUT2D eigenvalue weighted by Crippen LogP contribution is -2.28. The SMILES string of the molecule is Cc1cn([C@H]2C[C@H](O)[C@@H](CO)O2)c(=O)nc1SCOC(=O)C(C)(C)C. The number of thioether (sulfide) groups is 1. The van der Waals surface area contributed by atoms with Gasteiger partial charge in [-0.2, -0.15) is 4.98 Å². The molecule has 25 heavy (non-hydrogen) atoms. The van der Waals surface area contributed by atoms with Gasteiger partial charge in [0.1, 0.15) is 23.3 Å². The molecule has 0 radical (unpaired) electrons. The van der Waals surface area contributed by atoms with Crippen molar-refractivity contribution in [3.8, 4) is 0 Å². The van der Waals surface area contributed by atoms with Gasteiger partial charge in [0, 0.05) is 12.6 Å². The number of carbonyl (C=O) groups is 1.